The number of carbonyl (C=O) groups is 2. The van der Waals surface area contributed by atoms with Gasteiger partial charge in [0.1, 0.15) is 12.1 Å². The van der Waals surface area contributed by atoms with Gasteiger partial charge in [-0.2, -0.15) is 0 Å². The van der Waals surface area contributed by atoms with Crippen LogP contribution in [0.1, 0.15) is 32.6 Å². The zero-order valence-corrected chi connectivity index (χ0v) is 9.44. The third-order valence-electron chi connectivity index (χ3n) is 3.87. The van der Waals surface area contributed by atoms with E-state index in [9.17, 15) is 14.7 Å². The average Bonchev–Trinajstić information content (AvgIpc) is 2.65. The quantitative estimate of drug-likeness (QED) is 0.775. The highest BCUT2D eigenvalue weighted by molar-refractivity contribution is 5.85. The summed E-state index contributed by atoms with van der Waals surface area (Å²) in [7, 11) is 0. The second kappa shape index (κ2) is 3.96. The molecule has 1 N–H and O–H groups in total. The van der Waals surface area contributed by atoms with Gasteiger partial charge in [-0.1, -0.05) is 19.8 Å². The molecule has 0 bridgehead atoms. The Labute approximate surface area is 94.4 Å². The van der Waals surface area contributed by atoms with Crippen molar-refractivity contribution in [2.45, 2.75) is 38.1 Å². The number of hydrogen-bond donors (Lipinski definition) is 1. The molecule has 1 saturated carbocycles. The summed E-state index contributed by atoms with van der Waals surface area (Å²) in [6.07, 6.45) is 2.82. The molecule has 1 saturated heterocycles. The minimum atomic E-state index is -1.04. The number of cyclic esters (lactones) is 1. The molecule has 0 aromatic carbocycles. The van der Waals surface area contributed by atoms with Crippen molar-refractivity contribution in [2.24, 2.45) is 5.92 Å². The Morgan fingerprint density at radius 2 is 2.31 bits per heavy atom. The lowest BCUT2D eigenvalue weighted by Gasteiger charge is -2.44. The van der Waals surface area contributed by atoms with Crippen molar-refractivity contribution in [3.05, 3.63) is 0 Å². The van der Waals surface area contributed by atoms with Crippen molar-refractivity contribution in [2.75, 3.05) is 13.2 Å². The number of carbonyl (C=O) groups excluding carboxylic acids is 1. The van der Waals surface area contributed by atoms with E-state index in [2.05, 4.69) is 0 Å². The Bertz CT molecular complexity index is 317. The van der Waals surface area contributed by atoms with Gasteiger partial charge in [-0.05, 0) is 18.8 Å². The molecule has 0 aromatic heterocycles. The molecule has 1 heterocycles. The van der Waals surface area contributed by atoms with Crippen molar-refractivity contribution in [3.8, 4) is 0 Å². The van der Waals surface area contributed by atoms with E-state index >= 15 is 0 Å². The summed E-state index contributed by atoms with van der Waals surface area (Å²) >= 11 is 0. The zero-order chi connectivity index (χ0) is 11.8. The van der Waals surface area contributed by atoms with Gasteiger partial charge in [-0.15, -0.1) is 0 Å². The normalized spacial score (nSPS) is 34.9. The van der Waals surface area contributed by atoms with Crippen LogP contribution in [0.4, 0.5) is 4.79 Å². The number of amides is 1. The summed E-state index contributed by atoms with van der Waals surface area (Å²) in [4.78, 5) is 24.6. The van der Waals surface area contributed by atoms with E-state index in [0.29, 0.717) is 19.6 Å². The van der Waals surface area contributed by atoms with Crippen molar-refractivity contribution < 1.29 is 19.4 Å². The molecule has 1 aliphatic carbocycles. The Balaban J connectivity index is 2.33. The van der Waals surface area contributed by atoms with E-state index in [4.69, 9.17) is 4.74 Å². The molecule has 1 amide bonds. The molecule has 2 atom stereocenters. The Morgan fingerprint density at radius 3 is 2.81 bits per heavy atom. The van der Waals surface area contributed by atoms with Gasteiger partial charge in [-0.25, -0.2) is 9.59 Å². The molecule has 0 aromatic rings. The lowest BCUT2D eigenvalue weighted by Crippen LogP contribution is -2.60. The Morgan fingerprint density at radius 1 is 1.56 bits per heavy atom. The third kappa shape index (κ3) is 1.45. The topological polar surface area (TPSA) is 66.8 Å². The van der Waals surface area contributed by atoms with E-state index < -0.39 is 17.6 Å². The Kier molecular flexibility index (Phi) is 2.78. The summed E-state index contributed by atoms with van der Waals surface area (Å²) in [5.74, 6) is -0.900. The fourth-order valence-electron chi connectivity index (χ4n) is 2.92. The maximum atomic E-state index is 11.6. The number of aliphatic carboxylic acids is 1. The molecule has 16 heavy (non-hydrogen) atoms. The first-order chi connectivity index (χ1) is 7.59. The van der Waals surface area contributed by atoms with Crippen LogP contribution in [0.2, 0.25) is 0 Å². The monoisotopic (exact) mass is 227 g/mol. The largest absolute Gasteiger partial charge is 0.479 e. The number of rotatable bonds is 2. The summed E-state index contributed by atoms with van der Waals surface area (Å²) in [5.41, 5.74) is -1.04. The van der Waals surface area contributed by atoms with E-state index in [0.717, 1.165) is 19.3 Å². The fourth-order valence-corrected chi connectivity index (χ4v) is 2.92. The Hall–Kier alpha value is -1.26. The summed E-state index contributed by atoms with van der Waals surface area (Å²) in [6, 6.07) is 0. The average molecular weight is 227 g/mol. The molecule has 2 unspecified atom stereocenters. The smallest absolute Gasteiger partial charge is 0.410 e. The second-order valence-corrected chi connectivity index (χ2v) is 4.64. The van der Waals surface area contributed by atoms with Gasteiger partial charge in [0.05, 0.1) is 6.54 Å². The highest BCUT2D eigenvalue weighted by atomic mass is 16.6. The van der Waals surface area contributed by atoms with E-state index in [1.807, 2.05) is 6.92 Å². The van der Waals surface area contributed by atoms with E-state index in [1.165, 1.54) is 4.90 Å². The van der Waals surface area contributed by atoms with Crippen LogP contribution >= 0.6 is 0 Å². The lowest BCUT2D eigenvalue weighted by molar-refractivity contribution is -0.155. The van der Waals surface area contributed by atoms with Crippen LogP contribution in [-0.2, 0) is 9.53 Å². The van der Waals surface area contributed by atoms with Crippen LogP contribution in [0, 0.1) is 5.92 Å². The summed E-state index contributed by atoms with van der Waals surface area (Å²) in [6.45, 7) is 2.62. The molecule has 0 radical (unpaired) electrons. The van der Waals surface area contributed by atoms with Crippen molar-refractivity contribution in [1.82, 2.24) is 4.90 Å². The minimum absolute atomic E-state index is 0.00981. The molecule has 5 heteroatoms. The molecule has 2 rings (SSSR count). The highest BCUT2D eigenvalue weighted by Gasteiger charge is 2.53. The molecular weight excluding hydrogens is 210 g/mol. The number of carboxylic acid groups (broad SMARTS) is 1. The summed E-state index contributed by atoms with van der Waals surface area (Å²) in [5, 5.41) is 9.49. The van der Waals surface area contributed by atoms with Gasteiger partial charge in [0, 0.05) is 0 Å². The van der Waals surface area contributed by atoms with E-state index in [-0.39, 0.29) is 5.92 Å². The minimum Gasteiger partial charge on any atom is -0.479 e. The van der Waals surface area contributed by atoms with Gasteiger partial charge in [0.15, 0.2) is 0 Å². The van der Waals surface area contributed by atoms with Crippen LogP contribution in [0.3, 0.4) is 0 Å². The molecule has 1 aliphatic heterocycles. The fraction of sp³-hybridized carbons (Fsp3) is 0.818. The van der Waals surface area contributed by atoms with Crippen molar-refractivity contribution in [1.29, 1.82) is 0 Å². The molecular formula is C11H17NO4. The first-order valence-electron chi connectivity index (χ1n) is 5.77. The van der Waals surface area contributed by atoms with Gasteiger partial charge >= 0.3 is 12.1 Å². The number of hydrogen-bond acceptors (Lipinski definition) is 3. The molecule has 0 spiro atoms. The first-order valence-corrected chi connectivity index (χ1v) is 5.77. The van der Waals surface area contributed by atoms with Crippen LogP contribution in [0.15, 0.2) is 0 Å². The standard InChI is InChI=1S/C11H17NO4/c1-8-4-2-3-5-11(8,9(13)14)12-6-7-16-10(12)15/h8H,2-7H2,1H3,(H,13,14). The summed E-state index contributed by atoms with van der Waals surface area (Å²) < 4.78 is 4.87. The van der Waals surface area contributed by atoms with Crippen LogP contribution in [0.5, 0.6) is 0 Å². The van der Waals surface area contributed by atoms with Crippen molar-refractivity contribution in [3.63, 3.8) is 0 Å². The lowest BCUT2D eigenvalue weighted by atomic mass is 9.72. The van der Waals surface area contributed by atoms with Crippen LogP contribution in [0.25, 0.3) is 0 Å². The predicted molar refractivity (Wildman–Crippen MR) is 56.1 cm³/mol. The molecule has 90 valence electrons. The van der Waals surface area contributed by atoms with Gasteiger partial charge < -0.3 is 9.84 Å². The second-order valence-electron chi connectivity index (χ2n) is 4.64. The predicted octanol–water partition coefficient (Wildman–Crippen LogP) is 1.47. The maximum absolute atomic E-state index is 11.6. The maximum Gasteiger partial charge on any atom is 0.410 e. The van der Waals surface area contributed by atoms with Crippen LogP contribution in [-0.4, -0.2) is 40.8 Å². The third-order valence-corrected chi connectivity index (χ3v) is 3.87. The molecule has 2 aliphatic rings. The number of carboxylic acids is 1. The molecule has 5 nitrogen and oxygen atoms in total. The number of ether oxygens (including phenoxy) is 1. The highest BCUT2D eigenvalue weighted by Crippen LogP contribution is 2.40. The molecule has 2 fully saturated rings. The van der Waals surface area contributed by atoms with Gasteiger partial charge in [-0.3, -0.25) is 4.90 Å². The van der Waals surface area contributed by atoms with Gasteiger partial charge in [0.25, 0.3) is 0 Å². The SMILES string of the molecule is CC1CCCCC1(C(=O)O)N1CCOC1=O. The van der Waals surface area contributed by atoms with Gasteiger partial charge in [0.2, 0.25) is 0 Å². The number of nitrogens with zero attached hydrogens (tertiary/aromatic N) is 1. The van der Waals surface area contributed by atoms with Crippen molar-refractivity contribution >= 4 is 12.1 Å². The van der Waals surface area contributed by atoms with Crippen LogP contribution < -0.4 is 0 Å². The van der Waals surface area contributed by atoms with E-state index in [1.54, 1.807) is 0 Å². The first kappa shape index (κ1) is 11.2. The zero-order valence-electron chi connectivity index (χ0n) is 9.44.